The number of hydrogen-bond donors (Lipinski definition) is 2. The van der Waals surface area contributed by atoms with Crippen molar-refractivity contribution in [2.24, 2.45) is 0 Å². The van der Waals surface area contributed by atoms with Crippen LogP contribution >= 0.6 is 0 Å². The summed E-state index contributed by atoms with van der Waals surface area (Å²) in [6, 6.07) is 0. The minimum Gasteiger partial charge on any atom is -0.479 e. The lowest BCUT2D eigenvalue weighted by atomic mass is 10.0. The molecule has 0 radical (unpaired) electrons. The maximum atomic E-state index is 11.2. The molecule has 0 heterocycles. The molecule has 0 aromatic rings. The predicted molar refractivity (Wildman–Crippen MR) is 56.9 cm³/mol. The number of amides is 1. The smallest absolute Gasteiger partial charge is 0.334 e. The monoisotopic (exact) mass is 233 g/mol. The fourth-order valence-corrected chi connectivity index (χ4v) is 1.26. The van der Waals surface area contributed by atoms with E-state index in [1.54, 1.807) is 13.8 Å². The first-order valence-corrected chi connectivity index (χ1v) is 5.13. The SMILES string of the molecule is CCOC(OCC)C(C)(NC(C)=O)C(=O)O. The third-order valence-corrected chi connectivity index (χ3v) is 1.99. The van der Waals surface area contributed by atoms with Crippen LogP contribution in [-0.2, 0) is 19.1 Å². The Morgan fingerprint density at radius 3 is 2.00 bits per heavy atom. The van der Waals surface area contributed by atoms with E-state index < -0.39 is 23.7 Å². The molecule has 0 spiro atoms. The molecule has 1 atom stereocenters. The van der Waals surface area contributed by atoms with E-state index in [1.807, 2.05) is 0 Å². The van der Waals surface area contributed by atoms with E-state index in [1.165, 1.54) is 13.8 Å². The highest BCUT2D eigenvalue weighted by atomic mass is 16.7. The van der Waals surface area contributed by atoms with E-state index in [0.717, 1.165) is 0 Å². The number of hydrogen-bond acceptors (Lipinski definition) is 4. The van der Waals surface area contributed by atoms with Crippen molar-refractivity contribution in [2.75, 3.05) is 13.2 Å². The van der Waals surface area contributed by atoms with Gasteiger partial charge in [-0.1, -0.05) is 0 Å². The van der Waals surface area contributed by atoms with Crippen molar-refractivity contribution < 1.29 is 24.2 Å². The number of aliphatic carboxylic acids is 1. The summed E-state index contributed by atoms with van der Waals surface area (Å²) in [5, 5.41) is 11.5. The summed E-state index contributed by atoms with van der Waals surface area (Å²) in [6.45, 7) is 6.65. The van der Waals surface area contributed by atoms with Crippen LogP contribution in [0.2, 0.25) is 0 Å². The molecular formula is C10H19NO5. The highest BCUT2D eigenvalue weighted by molar-refractivity contribution is 5.86. The standard InChI is InChI=1S/C10H19NO5/c1-5-15-9(16-6-2)10(4,8(13)14)11-7(3)12/h9H,5-6H2,1-4H3,(H,11,12)(H,13,14). The molecule has 0 bridgehead atoms. The maximum absolute atomic E-state index is 11.2. The number of carboxylic acids is 1. The lowest BCUT2D eigenvalue weighted by Gasteiger charge is -2.33. The molecule has 0 fully saturated rings. The Morgan fingerprint density at radius 1 is 1.31 bits per heavy atom. The van der Waals surface area contributed by atoms with E-state index in [9.17, 15) is 9.59 Å². The molecule has 0 aliphatic carbocycles. The van der Waals surface area contributed by atoms with Gasteiger partial charge in [-0.25, -0.2) is 4.79 Å². The van der Waals surface area contributed by atoms with Crippen LogP contribution in [0.1, 0.15) is 27.7 Å². The fourth-order valence-electron chi connectivity index (χ4n) is 1.26. The first kappa shape index (κ1) is 14.9. The van der Waals surface area contributed by atoms with Gasteiger partial charge in [-0.3, -0.25) is 4.79 Å². The zero-order valence-corrected chi connectivity index (χ0v) is 10.1. The molecule has 6 nitrogen and oxygen atoms in total. The number of rotatable bonds is 7. The van der Waals surface area contributed by atoms with Crippen LogP contribution in [0.15, 0.2) is 0 Å². The van der Waals surface area contributed by atoms with Crippen LogP contribution in [0.4, 0.5) is 0 Å². The second kappa shape index (κ2) is 6.44. The van der Waals surface area contributed by atoms with E-state index in [0.29, 0.717) is 13.2 Å². The number of carbonyl (C=O) groups is 2. The molecule has 94 valence electrons. The minimum atomic E-state index is -1.59. The molecular weight excluding hydrogens is 214 g/mol. The van der Waals surface area contributed by atoms with Gasteiger partial charge in [0, 0.05) is 20.1 Å². The maximum Gasteiger partial charge on any atom is 0.334 e. The molecule has 0 aliphatic rings. The van der Waals surface area contributed by atoms with Gasteiger partial charge in [0.25, 0.3) is 0 Å². The Kier molecular flexibility index (Phi) is 5.98. The van der Waals surface area contributed by atoms with Gasteiger partial charge in [-0.15, -0.1) is 0 Å². The normalized spacial score (nSPS) is 14.6. The average Bonchev–Trinajstić information content (AvgIpc) is 2.16. The van der Waals surface area contributed by atoms with Crippen molar-refractivity contribution in [3.8, 4) is 0 Å². The fraction of sp³-hybridized carbons (Fsp3) is 0.800. The lowest BCUT2D eigenvalue weighted by molar-refractivity contribution is -0.196. The van der Waals surface area contributed by atoms with Crippen molar-refractivity contribution in [1.82, 2.24) is 5.32 Å². The Bertz CT molecular complexity index is 250. The Hall–Kier alpha value is -1.14. The van der Waals surface area contributed by atoms with Gasteiger partial charge in [-0.2, -0.15) is 0 Å². The Balaban J connectivity index is 4.94. The van der Waals surface area contributed by atoms with E-state index in [2.05, 4.69) is 5.32 Å². The van der Waals surface area contributed by atoms with Crippen LogP contribution in [0.3, 0.4) is 0 Å². The molecule has 0 aliphatic heterocycles. The summed E-state index contributed by atoms with van der Waals surface area (Å²) >= 11 is 0. The average molecular weight is 233 g/mol. The van der Waals surface area contributed by atoms with Gasteiger partial charge in [0.15, 0.2) is 11.8 Å². The lowest BCUT2D eigenvalue weighted by Crippen LogP contribution is -2.61. The number of ether oxygens (including phenoxy) is 2. The third kappa shape index (κ3) is 3.79. The van der Waals surface area contributed by atoms with E-state index in [4.69, 9.17) is 14.6 Å². The van der Waals surface area contributed by atoms with Crippen LogP contribution in [-0.4, -0.2) is 42.0 Å². The zero-order valence-electron chi connectivity index (χ0n) is 10.1. The first-order valence-electron chi connectivity index (χ1n) is 5.13. The van der Waals surface area contributed by atoms with Crippen LogP contribution in [0, 0.1) is 0 Å². The third-order valence-electron chi connectivity index (χ3n) is 1.99. The second-order valence-corrected chi connectivity index (χ2v) is 3.43. The van der Waals surface area contributed by atoms with Crippen LogP contribution in [0.25, 0.3) is 0 Å². The van der Waals surface area contributed by atoms with Gasteiger partial charge in [0.1, 0.15) is 0 Å². The molecule has 6 heteroatoms. The highest BCUT2D eigenvalue weighted by Gasteiger charge is 2.44. The molecule has 0 aromatic heterocycles. The molecule has 0 saturated carbocycles. The van der Waals surface area contributed by atoms with Gasteiger partial charge in [0.05, 0.1) is 0 Å². The van der Waals surface area contributed by atoms with Crippen molar-refractivity contribution in [3.05, 3.63) is 0 Å². The second-order valence-electron chi connectivity index (χ2n) is 3.43. The van der Waals surface area contributed by atoms with Gasteiger partial charge >= 0.3 is 5.97 Å². The zero-order chi connectivity index (χ0) is 12.8. The number of carbonyl (C=O) groups excluding carboxylic acids is 1. The first-order chi connectivity index (χ1) is 7.38. The Morgan fingerprint density at radius 2 is 1.75 bits per heavy atom. The summed E-state index contributed by atoms with van der Waals surface area (Å²) in [6.07, 6.45) is -1.01. The minimum absolute atomic E-state index is 0.299. The molecule has 0 aromatic carbocycles. The van der Waals surface area contributed by atoms with E-state index in [-0.39, 0.29) is 0 Å². The predicted octanol–water partition coefficient (Wildman–Crippen LogP) is 0.365. The van der Waals surface area contributed by atoms with Gasteiger partial charge in [0.2, 0.25) is 5.91 Å². The van der Waals surface area contributed by atoms with Gasteiger partial charge in [-0.05, 0) is 20.8 Å². The summed E-state index contributed by atoms with van der Waals surface area (Å²) < 4.78 is 10.4. The molecule has 16 heavy (non-hydrogen) atoms. The summed E-state index contributed by atoms with van der Waals surface area (Å²) in [5.74, 6) is -1.65. The summed E-state index contributed by atoms with van der Waals surface area (Å²) in [5.41, 5.74) is -1.59. The van der Waals surface area contributed by atoms with E-state index >= 15 is 0 Å². The quantitative estimate of drug-likeness (QED) is 0.620. The van der Waals surface area contributed by atoms with Crippen molar-refractivity contribution in [1.29, 1.82) is 0 Å². The van der Waals surface area contributed by atoms with Crippen molar-refractivity contribution in [2.45, 2.75) is 39.5 Å². The molecule has 1 unspecified atom stereocenters. The molecule has 0 saturated heterocycles. The van der Waals surface area contributed by atoms with Crippen molar-refractivity contribution >= 4 is 11.9 Å². The van der Waals surface area contributed by atoms with Gasteiger partial charge < -0.3 is 19.9 Å². The molecule has 1 amide bonds. The highest BCUT2D eigenvalue weighted by Crippen LogP contribution is 2.16. The summed E-state index contributed by atoms with van der Waals surface area (Å²) in [4.78, 5) is 22.2. The Labute approximate surface area is 94.9 Å². The van der Waals surface area contributed by atoms with Crippen LogP contribution in [0.5, 0.6) is 0 Å². The summed E-state index contributed by atoms with van der Waals surface area (Å²) in [7, 11) is 0. The number of carboxylic acid groups (broad SMARTS) is 1. The number of nitrogens with one attached hydrogen (secondary N) is 1. The molecule has 2 N–H and O–H groups in total. The van der Waals surface area contributed by atoms with Crippen molar-refractivity contribution in [3.63, 3.8) is 0 Å². The largest absolute Gasteiger partial charge is 0.479 e. The van der Waals surface area contributed by atoms with Crippen LogP contribution < -0.4 is 5.32 Å². The molecule has 0 rings (SSSR count). The topological polar surface area (TPSA) is 84.9 Å².